The molecule has 20 heavy (non-hydrogen) atoms. The quantitative estimate of drug-likeness (QED) is 0.809. The second-order valence-electron chi connectivity index (χ2n) is 4.53. The van der Waals surface area contributed by atoms with Crippen LogP contribution in [-0.4, -0.2) is 19.0 Å². The summed E-state index contributed by atoms with van der Waals surface area (Å²) >= 11 is 5.82. The molecule has 0 aromatic heterocycles. The first kappa shape index (κ1) is 13.3. The average molecular weight is 289 g/mol. The first-order valence-corrected chi connectivity index (χ1v) is 6.75. The zero-order chi connectivity index (χ0) is 13.9. The summed E-state index contributed by atoms with van der Waals surface area (Å²) < 4.78 is 10.8. The Morgan fingerprint density at radius 1 is 0.900 bits per heavy atom. The summed E-state index contributed by atoms with van der Waals surface area (Å²) in [6.45, 7) is 1.21. The van der Waals surface area contributed by atoms with Crippen molar-refractivity contribution in [3.8, 4) is 0 Å². The number of carbonyl (C=O) groups excluding carboxylic acids is 1. The van der Waals surface area contributed by atoms with Crippen molar-refractivity contribution in [1.82, 2.24) is 0 Å². The van der Waals surface area contributed by atoms with Gasteiger partial charge in [-0.15, -0.1) is 0 Å². The van der Waals surface area contributed by atoms with Crippen molar-refractivity contribution >= 4 is 17.4 Å². The molecule has 4 heteroatoms. The predicted octanol–water partition coefficient (Wildman–Crippen LogP) is 3.62. The van der Waals surface area contributed by atoms with Crippen molar-refractivity contribution in [2.45, 2.75) is 6.29 Å². The second kappa shape index (κ2) is 5.75. The molecule has 1 saturated heterocycles. The number of hydrogen-bond donors (Lipinski definition) is 0. The van der Waals surface area contributed by atoms with Crippen molar-refractivity contribution in [3.63, 3.8) is 0 Å². The van der Waals surface area contributed by atoms with Crippen LogP contribution in [0.25, 0.3) is 0 Å². The van der Waals surface area contributed by atoms with Gasteiger partial charge in [0, 0.05) is 21.7 Å². The van der Waals surface area contributed by atoms with Gasteiger partial charge >= 0.3 is 0 Å². The van der Waals surface area contributed by atoms with Gasteiger partial charge in [0.05, 0.1) is 13.2 Å². The van der Waals surface area contributed by atoms with Gasteiger partial charge in [-0.25, -0.2) is 0 Å². The number of ether oxygens (including phenoxy) is 2. The van der Waals surface area contributed by atoms with Crippen LogP contribution in [0.2, 0.25) is 5.02 Å². The lowest BCUT2D eigenvalue weighted by atomic mass is 10.0. The van der Waals surface area contributed by atoms with E-state index in [1.54, 1.807) is 36.4 Å². The average Bonchev–Trinajstić information content (AvgIpc) is 3.02. The molecule has 2 aromatic carbocycles. The lowest BCUT2D eigenvalue weighted by Crippen LogP contribution is -2.03. The zero-order valence-corrected chi connectivity index (χ0v) is 11.5. The van der Waals surface area contributed by atoms with Crippen molar-refractivity contribution in [3.05, 3.63) is 70.2 Å². The van der Waals surface area contributed by atoms with Crippen LogP contribution in [-0.2, 0) is 9.47 Å². The summed E-state index contributed by atoms with van der Waals surface area (Å²) in [5.74, 6) is -0.0264. The van der Waals surface area contributed by atoms with E-state index in [9.17, 15) is 4.79 Å². The van der Waals surface area contributed by atoms with Crippen LogP contribution in [0.1, 0.15) is 27.8 Å². The standard InChI is InChI=1S/C16H13ClO3/c17-14-7-5-12(6-8-14)15(18)11-1-3-13(4-2-11)16-19-9-10-20-16/h1-8,16H,9-10H2. The number of rotatable bonds is 3. The van der Waals surface area contributed by atoms with Gasteiger partial charge in [0.1, 0.15) is 0 Å². The SMILES string of the molecule is O=C(c1ccc(Cl)cc1)c1ccc(C2OCCO2)cc1. The van der Waals surface area contributed by atoms with Crippen LogP contribution in [0.3, 0.4) is 0 Å². The number of carbonyl (C=O) groups is 1. The number of ketones is 1. The Kier molecular flexibility index (Phi) is 3.83. The van der Waals surface area contributed by atoms with Gasteiger partial charge in [-0.2, -0.15) is 0 Å². The van der Waals surface area contributed by atoms with E-state index in [-0.39, 0.29) is 12.1 Å². The van der Waals surface area contributed by atoms with E-state index in [2.05, 4.69) is 0 Å². The molecule has 0 amide bonds. The Morgan fingerprint density at radius 2 is 1.40 bits per heavy atom. The maximum absolute atomic E-state index is 12.3. The Labute approximate surface area is 122 Å². The minimum absolute atomic E-state index is 0.0264. The fourth-order valence-electron chi connectivity index (χ4n) is 2.11. The number of halogens is 1. The lowest BCUT2D eigenvalue weighted by molar-refractivity contribution is -0.0441. The molecule has 102 valence electrons. The normalized spacial score (nSPS) is 15.4. The molecule has 0 aliphatic carbocycles. The molecule has 3 rings (SSSR count). The maximum atomic E-state index is 12.3. The first-order chi connectivity index (χ1) is 9.74. The van der Waals surface area contributed by atoms with Crippen molar-refractivity contribution in [1.29, 1.82) is 0 Å². The van der Waals surface area contributed by atoms with Crippen LogP contribution in [0.5, 0.6) is 0 Å². The molecule has 1 aliphatic heterocycles. The molecule has 3 nitrogen and oxygen atoms in total. The van der Waals surface area contributed by atoms with E-state index >= 15 is 0 Å². The monoisotopic (exact) mass is 288 g/mol. The maximum Gasteiger partial charge on any atom is 0.193 e. The smallest absolute Gasteiger partial charge is 0.193 e. The summed E-state index contributed by atoms with van der Waals surface area (Å²) in [6.07, 6.45) is -0.310. The number of hydrogen-bond acceptors (Lipinski definition) is 3. The van der Waals surface area contributed by atoms with Crippen molar-refractivity contribution in [2.24, 2.45) is 0 Å². The molecule has 0 spiro atoms. The Balaban J connectivity index is 1.80. The van der Waals surface area contributed by atoms with E-state index in [4.69, 9.17) is 21.1 Å². The van der Waals surface area contributed by atoms with Gasteiger partial charge in [0.25, 0.3) is 0 Å². The van der Waals surface area contributed by atoms with Gasteiger partial charge in [-0.1, -0.05) is 35.9 Å². The summed E-state index contributed by atoms with van der Waals surface area (Å²) in [5.41, 5.74) is 2.18. The van der Waals surface area contributed by atoms with Gasteiger partial charge in [0.15, 0.2) is 12.1 Å². The Hall–Kier alpha value is -1.68. The molecule has 1 heterocycles. The molecule has 1 fully saturated rings. The highest BCUT2D eigenvalue weighted by Gasteiger charge is 2.18. The summed E-state index contributed by atoms with van der Waals surface area (Å²) in [6, 6.07) is 14.2. The van der Waals surface area contributed by atoms with E-state index in [1.807, 2.05) is 12.1 Å². The van der Waals surface area contributed by atoms with Crippen LogP contribution < -0.4 is 0 Å². The van der Waals surface area contributed by atoms with E-state index in [1.165, 1.54) is 0 Å². The molecule has 0 saturated carbocycles. The minimum Gasteiger partial charge on any atom is -0.346 e. The lowest BCUT2D eigenvalue weighted by Gasteiger charge is -2.09. The van der Waals surface area contributed by atoms with Crippen LogP contribution in [0.15, 0.2) is 48.5 Å². The molecular weight excluding hydrogens is 276 g/mol. The highest BCUT2D eigenvalue weighted by molar-refractivity contribution is 6.30. The Morgan fingerprint density at radius 3 is 1.95 bits per heavy atom. The topological polar surface area (TPSA) is 35.5 Å². The van der Waals surface area contributed by atoms with E-state index < -0.39 is 0 Å². The summed E-state index contributed by atoms with van der Waals surface area (Å²) in [7, 11) is 0. The number of benzene rings is 2. The first-order valence-electron chi connectivity index (χ1n) is 6.37. The van der Waals surface area contributed by atoms with Gasteiger partial charge < -0.3 is 9.47 Å². The second-order valence-corrected chi connectivity index (χ2v) is 4.97. The molecule has 2 aromatic rings. The fourth-order valence-corrected chi connectivity index (χ4v) is 2.24. The third-order valence-corrected chi connectivity index (χ3v) is 3.43. The third-order valence-electron chi connectivity index (χ3n) is 3.17. The molecular formula is C16H13ClO3. The van der Waals surface area contributed by atoms with Crippen LogP contribution in [0.4, 0.5) is 0 Å². The third kappa shape index (κ3) is 2.75. The summed E-state index contributed by atoms with van der Waals surface area (Å²) in [4.78, 5) is 12.3. The molecule has 1 aliphatic rings. The largest absolute Gasteiger partial charge is 0.346 e. The molecule has 0 unspecified atom stereocenters. The molecule has 0 bridgehead atoms. The molecule has 0 atom stereocenters. The van der Waals surface area contributed by atoms with Crippen LogP contribution in [0, 0.1) is 0 Å². The van der Waals surface area contributed by atoms with Gasteiger partial charge in [0.2, 0.25) is 0 Å². The predicted molar refractivity (Wildman–Crippen MR) is 76.0 cm³/mol. The van der Waals surface area contributed by atoms with Gasteiger partial charge in [-0.3, -0.25) is 4.79 Å². The molecule has 0 N–H and O–H groups in total. The van der Waals surface area contributed by atoms with Crippen molar-refractivity contribution < 1.29 is 14.3 Å². The highest BCUT2D eigenvalue weighted by Crippen LogP contribution is 2.24. The van der Waals surface area contributed by atoms with Crippen molar-refractivity contribution in [2.75, 3.05) is 13.2 Å². The van der Waals surface area contributed by atoms with Gasteiger partial charge in [-0.05, 0) is 24.3 Å². The fraction of sp³-hybridized carbons (Fsp3) is 0.188. The summed E-state index contributed by atoms with van der Waals surface area (Å²) in [5, 5.41) is 0.618. The molecule has 0 radical (unpaired) electrons. The highest BCUT2D eigenvalue weighted by atomic mass is 35.5. The van der Waals surface area contributed by atoms with Crippen LogP contribution >= 0.6 is 11.6 Å². The zero-order valence-electron chi connectivity index (χ0n) is 10.7. The minimum atomic E-state index is -0.310. The van der Waals surface area contributed by atoms with E-state index in [0.717, 1.165) is 5.56 Å². The Bertz CT molecular complexity index is 599. The van der Waals surface area contributed by atoms with E-state index in [0.29, 0.717) is 29.4 Å².